The SMILES string of the molecule is CC(O[Si](C)(C)C(C)(C)C)c1nccnc1I. The lowest BCUT2D eigenvalue weighted by atomic mass is 10.2. The average molecular weight is 364 g/mol. The van der Waals surface area contributed by atoms with Crippen LogP contribution in [0.2, 0.25) is 18.1 Å². The van der Waals surface area contributed by atoms with Crippen molar-refractivity contribution in [1.82, 2.24) is 9.97 Å². The number of rotatable bonds is 3. The Hall–Kier alpha value is -0.0131. The quantitative estimate of drug-likeness (QED) is 0.597. The van der Waals surface area contributed by atoms with Gasteiger partial charge in [0, 0.05) is 12.4 Å². The molecule has 17 heavy (non-hydrogen) atoms. The number of hydrogen-bond donors (Lipinski definition) is 0. The molecule has 96 valence electrons. The second-order valence-electron chi connectivity index (χ2n) is 5.75. The highest BCUT2D eigenvalue weighted by atomic mass is 127. The Morgan fingerprint density at radius 1 is 1.24 bits per heavy atom. The summed E-state index contributed by atoms with van der Waals surface area (Å²) in [4.78, 5) is 8.62. The summed E-state index contributed by atoms with van der Waals surface area (Å²) in [7, 11) is -1.74. The van der Waals surface area contributed by atoms with E-state index >= 15 is 0 Å². The third-order valence-electron chi connectivity index (χ3n) is 3.34. The molecular formula is C12H21IN2OSi. The topological polar surface area (TPSA) is 35.0 Å². The van der Waals surface area contributed by atoms with Crippen LogP contribution in [-0.2, 0) is 4.43 Å². The lowest BCUT2D eigenvalue weighted by Crippen LogP contribution is -2.41. The molecule has 0 saturated heterocycles. The molecule has 0 spiro atoms. The van der Waals surface area contributed by atoms with E-state index in [1.807, 2.05) is 0 Å². The summed E-state index contributed by atoms with van der Waals surface area (Å²) in [6.07, 6.45) is 3.45. The van der Waals surface area contributed by atoms with Crippen molar-refractivity contribution in [3.63, 3.8) is 0 Å². The molecule has 1 atom stereocenters. The van der Waals surface area contributed by atoms with Gasteiger partial charge in [0.2, 0.25) is 0 Å². The summed E-state index contributed by atoms with van der Waals surface area (Å²) in [5, 5.41) is 0.217. The highest BCUT2D eigenvalue weighted by Gasteiger charge is 2.39. The van der Waals surface area contributed by atoms with Crippen molar-refractivity contribution in [2.45, 2.75) is 51.9 Å². The van der Waals surface area contributed by atoms with Crippen LogP contribution in [0.25, 0.3) is 0 Å². The van der Waals surface area contributed by atoms with E-state index in [1.54, 1.807) is 12.4 Å². The monoisotopic (exact) mass is 364 g/mol. The highest BCUT2D eigenvalue weighted by Crippen LogP contribution is 2.39. The van der Waals surface area contributed by atoms with Crippen LogP contribution in [0.4, 0.5) is 0 Å². The van der Waals surface area contributed by atoms with Gasteiger partial charge in [-0.15, -0.1) is 0 Å². The molecular weight excluding hydrogens is 343 g/mol. The van der Waals surface area contributed by atoms with Crippen LogP contribution in [0.1, 0.15) is 39.5 Å². The first-order valence-electron chi connectivity index (χ1n) is 5.79. The predicted molar refractivity (Wildman–Crippen MR) is 81.4 cm³/mol. The lowest BCUT2D eigenvalue weighted by molar-refractivity contribution is 0.197. The maximum Gasteiger partial charge on any atom is 0.192 e. The van der Waals surface area contributed by atoms with Gasteiger partial charge in [-0.1, -0.05) is 20.8 Å². The Morgan fingerprint density at radius 2 is 1.76 bits per heavy atom. The third-order valence-corrected chi connectivity index (χ3v) is 8.73. The van der Waals surface area contributed by atoms with E-state index in [9.17, 15) is 0 Å². The van der Waals surface area contributed by atoms with E-state index in [2.05, 4.69) is 73.3 Å². The van der Waals surface area contributed by atoms with Crippen molar-refractivity contribution < 1.29 is 4.43 Å². The van der Waals surface area contributed by atoms with Crippen molar-refractivity contribution in [2.24, 2.45) is 0 Å². The van der Waals surface area contributed by atoms with Crippen molar-refractivity contribution in [3.8, 4) is 0 Å². The summed E-state index contributed by atoms with van der Waals surface area (Å²) in [5.74, 6) is 0. The molecule has 1 unspecified atom stereocenters. The van der Waals surface area contributed by atoms with Gasteiger partial charge in [-0.05, 0) is 47.6 Å². The van der Waals surface area contributed by atoms with Gasteiger partial charge < -0.3 is 4.43 Å². The summed E-state index contributed by atoms with van der Waals surface area (Å²) < 4.78 is 7.23. The first kappa shape index (κ1) is 15.0. The maximum absolute atomic E-state index is 6.30. The van der Waals surface area contributed by atoms with E-state index in [0.29, 0.717) is 0 Å². The first-order chi connectivity index (χ1) is 7.65. The van der Waals surface area contributed by atoms with Crippen LogP contribution in [0, 0.1) is 3.70 Å². The maximum atomic E-state index is 6.30. The molecule has 0 aliphatic carbocycles. The molecule has 1 heterocycles. The predicted octanol–water partition coefficient (Wildman–Crippen LogP) is 4.16. The van der Waals surface area contributed by atoms with Crippen LogP contribution < -0.4 is 0 Å². The highest BCUT2D eigenvalue weighted by molar-refractivity contribution is 14.1. The lowest BCUT2D eigenvalue weighted by Gasteiger charge is -2.38. The van der Waals surface area contributed by atoms with Crippen molar-refractivity contribution >= 4 is 30.9 Å². The zero-order chi connectivity index (χ0) is 13.3. The molecule has 0 aliphatic rings. The van der Waals surface area contributed by atoms with Crippen LogP contribution in [0.15, 0.2) is 12.4 Å². The smallest absolute Gasteiger partial charge is 0.192 e. The first-order valence-corrected chi connectivity index (χ1v) is 9.78. The molecule has 0 fully saturated rings. The van der Waals surface area contributed by atoms with E-state index in [-0.39, 0.29) is 11.1 Å². The van der Waals surface area contributed by atoms with Crippen LogP contribution in [0.3, 0.4) is 0 Å². The fraction of sp³-hybridized carbons (Fsp3) is 0.667. The van der Waals surface area contributed by atoms with E-state index < -0.39 is 8.32 Å². The van der Waals surface area contributed by atoms with Gasteiger partial charge in [0.25, 0.3) is 0 Å². The fourth-order valence-electron chi connectivity index (χ4n) is 1.28. The number of hydrogen-bond acceptors (Lipinski definition) is 3. The van der Waals surface area contributed by atoms with Crippen molar-refractivity contribution in [2.75, 3.05) is 0 Å². The third kappa shape index (κ3) is 3.72. The molecule has 0 amide bonds. The molecule has 1 aromatic rings. The standard InChI is InChI=1S/C12H21IN2OSi/c1-9(10-11(13)15-8-7-14-10)16-17(5,6)12(2,3)4/h7-9H,1-6H3. The van der Waals surface area contributed by atoms with Crippen LogP contribution in [-0.4, -0.2) is 18.3 Å². The van der Waals surface area contributed by atoms with Crippen molar-refractivity contribution in [1.29, 1.82) is 0 Å². The fourth-order valence-corrected chi connectivity index (χ4v) is 3.37. The minimum Gasteiger partial charge on any atom is -0.409 e. The zero-order valence-electron chi connectivity index (χ0n) is 11.4. The largest absolute Gasteiger partial charge is 0.409 e. The Balaban J connectivity index is 2.87. The van der Waals surface area contributed by atoms with Crippen LogP contribution >= 0.6 is 22.6 Å². The van der Waals surface area contributed by atoms with Gasteiger partial charge in [0.1, 0.15) is 3.70 Å². The minimum absolute atomic E-state index is 0.0106. The minimum atomic E-state index is -1.74. The molecule has 0 bridgehead atoms. The number of nitrogens with zero attached hydrogens (tertiary/aromatic N) is 2. The summed E-state index contributed by atoms with van der Waals surface area (Å²) in [5.41, 5.74) is 0.943. The Morgan fingerprint density at radius 3 is 2.24 bits per heavy atom. The van der Waals surface area contributed by atoms with Crippen molar-refractivity contribution in [3.05, 3.63) is 21.8 Å². The van der Waals surface area contributed by atoms with Crippen LogP contribution in [0.5, 0.6) is 0 Å². The van der Waals surface area contributed by atoms with Gasteiger partial charge in [-0.2, -0.15) is 0 Å². The molecule has 0 saturated carbocycles. The van der Waals surface area contributed by atoms with Gasteiger partial charge >= 0.3 is 0 Å². The molecule has 3 nitrogen and oxygen atoms in total. The van der Waals surface area contributed by atoms with Gasteiger partial charge in [0.15, 0.2) is 8.32 Å². The summed E-state index contributed by atoms with van der Waals surface area (Å²) in [6.45, 7) is 13.3. The summed E-state index contributed by atoms with van der Waals surface area (Å²) in [6, 6.07) is 0. The van der Waals surface area contributed by atoms with E-state index in [4.69, 9.17) is 4.43 Å². The average Bonchev–Trinajstić information content (AvgIpc) is 2.15. The molecule has 0 aliphatic heterocycles. The Labute approximate surface area is 119 Å². The van der Waals surface area contributed by atoms with Gasteiger partial charge in [-0.3, -0.25) is 4.98 Å². The molecule has 0 N–H and O–H groups in total. The second-order valence-corrected chi connectivity index (χ2v) is 11.5. The molecule has 0 radical (unpaired) electrons. The molecule has 0 aromatic carbocycles. The van der Waals surface area contributed by atoms with Gasteiger partial charge in [-0.25, -0.2) is 4.98 Å². The number of halogens is 1. The van der Waals surface area contributed by atoms with Gasteiger partial charge in [0.05, 0.1) is 11.8 Å². The summed E-state index contributed by atoms with van der Waals surface area (Å²) >= 11 is 2.21. The molecule has 1 aromatic heterocycles. The van der Waals surface area contributed by atoms with E-state index in [0.717, 1.165) is 9.39 Å². The number of aromatic nitrogens is 2. The molecule has 1 rings (SSSR count). The molecule has 5 heteroatoms. The normalized spacial score (nSPS) is 14.8. The Bertz CT molecular complexity index is 390. The van der Waals surface area contributed by atoms with E-state index in [1.165, 1.54) is 0 Å². The second kappa shape index (κ2) is 5.32. The zero-order valence-corrected chi connectivity index (χ0v) is 14.6. The Kier molecular flexibility index (Phi) is 4.71.